The van der Waals surface area contributed by atoms with E-state index in [4.69, 9.17) is 4.74 Å². The van der Waals surface area contributed by atoms with Gasteiger partial charge in [-0.1, -0.05) is 31.0 Å². The highest BCUT2D eigenvalue weighted by atomic mass is 16.5. The fraction of sp³-hybridized carbons (Fsp3) is 0.333. The standard InChI is InChI=1S/C21H24N2O3/c1-26-20-12-6-8-16(21(20)25)14-23-18-10-4-3-9-17(18)22-13-15-7-2-5-11-19(15)24/h2,5-8,11-14,17-18,24-25H,3-4,9-10H2,1H3/t17-,18-/m1/s1. The maximum atomic E-state index is 10.2. The molecule has 1 saturated carbocycles. The molecule has 0 bridgehead atoms. The molecule has 0 aliphatic heterocycles. The van der Waals surface area contributed by atoms with Gasteiger partial charge in [-0.15, -0.1) is 0 Å². The second kappa shape index (κ2) is 8.52. The smallest absolute Gasteiger partial charge is 0.166 e. The normalized spacial score (nSPS) is 20.7. The van der Waals surface area contributed by atoms with E-state index in [1.807, 2.05) is 24.3 Å². The average Bonchev–Trinajstić information content (AvgIpc) is 2.67. The first-order chi connectivity index (χ1) is 12.7. The van der Waals surface area contributed by atoms with E-state index in [9.17, 15) is 10.2 Å². The summed E-state index contributed by atoms with van der Waals surface area (Å²) in [5.41, 5.74) is 1.35. The lowest BCUT2D eigenvalue weighted by atomic mass is 9.91. The summed E-state index contributed by atoms with van der Waals surface area (Å²) < 4.78 is 5.14. The third-order valence-corrected chi connectivity index (χ3v) is 4.69. The Morgan fingerprint density at radius 2 is 1.50 bits per heavy atom. The van der Waals surface area contributed by atoms with Crippen LogP contribution < -0.4 is 4.74 Å². The maximum Gasteiger partial charge on any atom is 0.166 e. The summed E-state index contributed by atoms with van der Waals surface area (Å²) in [4.78, 5) is 9.37. The summed E-state index contributed by atoms with van der Waals surface area (Å²) in [6, 6.07) is 12.7. The summed E-state index contributed by atoms with van der Waals surface area (Å²) in [5.74, 6) is 0.768. The highest BCUT2D eigenvalue weighted by Crippen LogP contribution is 2.29. The minimum Gasteiger partial charge on any atom is -0.507 e. The van der Waals surface area contributed by atoms with Gasteiger partial charge in [-0.25, -0.2) is 0 Å². The first kappa shape index (κ1) is 18.0. The molecule has 2 atom stereocenters. The Kier molecular flexibility index (Phi) is 5.89. The van der Waals surface area contributed by atoms with E-state index in [1.165, 1.54) is 7.11 Å². The van der Waals surface area contributed by atoms with Crippen LogP contribution in [0.25, 0.3) is 0 Å². The number of rotatable bonds is 5. The molecule has 5 nitrogen and oxygen atoms in total. The van der Waals surface area contributed by atoms with Gasteiger partial charge in [0, 0.05) is 23.6 Å². The molecule has 0 heterocycles. The molecule has 2 aromatic rings. The molecule has 26 heavy (non-hydrogen) atoms. The Balaban J connectivity index is 1.76. The van der Waals surface area contributed by atoms with Crippen LogP contribution in [0.4, 0.5) is 0 Å². The number of hydrogen-bond acceptors (Lipinski definition) is 5. The molecule has 5 heteroatoms. The van der Waals surface area contributed by atoms with Crippen LogP contribution in [0, 0.1) is 0 Å². The lowest BCUT2D eigenvalue weighted by molar-refractivity contribution is 0.373. The molecule has 0 spiro atoms. The molecule has 0 aromatic heterocycles. The summed E-state index contributed by atoms with van der Waals surface area (Å²) in [6.45, 7) is 0. The SMILES string of the molecule is COc1cccc(C=N[C@@H]2CCCC[C@H]2N=Cc2ccccc2O)c1O. The van der Waals surface area contributed by atoms with Gasteiger partial charge < -0.3 is 14.9 Å². The lowest BCUT2D eigenvalue weighted by Gasteiger charge is -2.25. The number of nitrogens with zero attached hydrogens (tertiary/aromatic N) is 2. The van der Waals surface area contributed by atoms with Crippen LogP contribution in [0.2, 0.25) is 0 Å². The Labute approximate surface area is 153 Å². The second-order valence-corrected chi connectivity index (χ2v) is 6.43. The molecule has 1 aliphatic carbocycles. The molecule has 2 N–H and O–H groups in total. The molecule has 136 valence electrons. The highest BCUT2D eigenvalue weighted by Gasteiger charge is 2.23. The van der Waals surface area contributed by atoms with Gasteiger partial charge >= 0.3 is 0 Å². The minimum absolute atomic E-state index is 0.0662. The molecule has 1 aliphatic rings. The Hall–Kier alpha value is -2.82. The Morgan fingerprint density at radius 3 is 2.15 bits per heavy atom. The lowest BCUT2D eigenvalue weighted by Crippen LogP contribution is -2.27. The molecule has 3 rings (SSSR count). The quantitative estimate of drug-likeness (QED) is 0.800. The van der Waals surface area contributed by atoms with E-state index >= 15 is 0 Å². The number of phenolic OH excluding ortho intramolecular Hbond substituents is 2. The van der Waals surface area contributed by atoms with E-state index in [-0.39, 0.29) is 23.6 Å². The number of benzene rings is 2. The zero-order valence-electron chi connectivity index (χ0n) is 14.9. The van der Waals surface area contributed by atoms with E-state index in [2.05, 4.69) is 9.98 Å². The van der Waals surface area contributed by atoms with Gasteiger partial charge in [-0.3, -0.25) is 9.98 Å². The highest BCUT2D eigenvalue weighted by molar-refractivity contribution is 5.85. The molecule has 0 saturated heterocycles. The maximum absolute atomic E-state index is 10.2. The molecule has 2 aromatic carbocycles. The van der Waals surface area contributed by atoms with Gasteiger partial charge in [0.1, 0.15) is 5.75 Å². The van der Waals surface area contributed by atoms with Crippen LogP contribution >= 0.6 is 0 Å². The van der Waals surface area contributed by atoms with Crippen molar-refractivity contribution in [2.24, 2.45) is 9.98 Å². The van der Waals surface area contributed by atoms with Gasteiger partial charge in [0.25, 0.3) is 0 Å². The van der Waals surface area contributed by atoms with Crippen molar-refractivity contribution < 1.29 is 14.9 Å². The van der Waals surface area contributed by atoms with E-state index in [0.717, 1.165) is 25.7 Å². The molecule has 1 fully saturated rings. The first-order valence-electron chi connectivity index (χ1n) is 8.89. The Morgan fingerprint density at radius 1 is 0.885 bits per heavy atom. The molecule has 0 unspecified atom stereocenters. The van der Waals surface area contributed by atoms with E-state index in [0.29, 0.717) is 16.9 Å². The van der Waals surface area contributed by atoms with Crippen molar-refractivity contribution >= 4 is 12.4 Å². The van der Waals surface area contributed by atoms with Crippen molar-refractivity contribution in [3.8, 4) is 17.2 Å². The molecule has 0 amide bonds. The van der Waals surface area contributed by atoms with Crippen molar-refractivity contribution in [2.45, 2.75) is 37.8 Å². The van der Waals surface area contributed by atoms with Gasteiger partial charge in [0.15, 0.2) is 11.5 Å². The van der Waals surface area contributed by atoms with Crippen LogP contribution in [0.3, 0.4) is 0 Å². The molecule has 0 radical (unpaired) electrons. The van der Waals surface area contributed by atoms with Crippen molar-refractivity contribution in [1.29, 1.82) is 0 Å². The van der Waals surface area contributed by atoms with Crippen molar-refractivity contribution in [3.63, 3.8) is 0 Å². The van der Waals surface area contributed by atoms with Crippen LogP contribution in [0.15, 0.2) is 52.4 Å². The summed E-state index contributed by atoms with van der Waals surface area (Å²) in [5, 5.41) is 20.1. The zero-order valence-corrected chi connectivity index (χ0v) is 14.9. The Bertz CT molecular complexity index is 802. The zero-order chi connectivity index (χ0) is 18.4. The number of methoxy groups -OCH3 is 1. The first-order valence-corrected chi connectivity index (χ1v) is 8.89. The van der Waals surface area contributed by atoms with Crippen molar-refractivity contribution in [2.75, 3.05) is 7.11 Å². The van der Waals surface area contributed by atoms with Crippen LogP contribution in [-0.4, -0.2) is 41.8 Å². The van der Waals surface area contributed by atoms with Crippen LogP contribution in [0.5, 0.6) is 17.2 Å². The summed E-state index contributed by atoms with van der Waals surface area (Å²) in [7, 11) is 1.53. The van der Waals surface area contributed by atoms with Gasteiger partial charge in [-0.05, 0) is 37.1 Å². The van der Waals surface area contributed by atoms with E-state index in [1.54, 1.807) is 30.6 Å². The number of aromatic hydroxyl groups is 2. The van der Waals surface area contributed by atoms with Gasteiger partial charge in [-0.2, -0.15) is 0 Å². The second-order valence-electron chi connectivity index (χ2n) is 6.43. The third kappa shape index (κ3) is 4.23. The number of phenols is 2. The number of para-hydroxylation sites is 2. The summed E-state index contributed by atoms with van der Waals surface area (Å²) >= 11 is 0. The number of aliphatic imine (C=N–C) groups is 2. The molecular formula is C21H24N2O3. The third-order valence-electron chi connectivity index (χ3n) is 4.69. The summed E-state index contributed by atoms with van der Waals surface area (Å²) in [6.07, 6.45) is 7.61. The number of hydrogen-bond donors (Lipinski definition) is 2. The van der Waals surface area contributed by atoms with Crippen molar-refractivity contribution in [3.05, 3.63) is 53.6 Å². The van der Waals surface area contributed by atoms with Gasteiger partial charge in [0.05, 0.1) is 19.2 Å². The largest absolute Gasteiger partial charge is 0.507 e. The van der Waals surface area contributed by atoms with Crippen molar-refractivity contribution in [1.82, 2.24) is 0 Å². The van der Waals surface area contributed by atoms with Gasteiger partial charge in [0.2, 0.25) is 0 Å². The fourth-order valence-electron chi connectivity index (χ4n) is 3.20. The predicted molar refractivity (Wildman–Crippen MR) is 104 cm³/mol. The van der Waals surface area contributed by atoms with Crippen LogP contribution in [0.1, 0.15) is 36.8 Å². The van der Waals surface area contributed by atoms with Crippen LogP contribution in [-0.2, 0) is 0 Å². The monoisotopic (exact) mass is 352 g/mol. The predicted octanol–water partition coefficient (Wildman–Crippen LogP) is 3.96. The average molecular weight is 352 g/mol. The number of ether oxygens (including phenoxy) is 1. The topological polar surface area (TPSA) is 74.4 Å². The minimum atomic E-state index is 0.0662. The molecular weight excluding hydrogens is 328 g/mol. The van der Waals surface area contributed by atoms with E-state index < -0.39 is 0 Å². The fourth-order valence-corrected chi connectivity index (χ4v) is 3.20.